The van der Waals surface area contributed by atoms with Crippen LogP contribution >= 0.6 is 0 Å². The molecule has 0 radical (unpaired) electrons. The standard InChI is InChI=1S/C41H25N3O.C33H28BN3O3.CH4/c1-3-12-26(13-4-1)39-42-40(27-14-5-2-6-15-27)44-41(43-39)33-20-11-21-37-38(33)35-25-29(22-23-36(35)45-37)34-24-28-16-7-8-17-30(28)31-18-9-10-19-32(31)34;1-32(2)33(3,4)40-34(39-32)23-18-19-26-25(20-23)28-24(16-11-17-27(28)38-26)31-36-29(21-12-7-5-8-13-21)35-30(37-31)22-14-9-6-10-15-22;/h1-25H;5-20H,1-4H3;1H4. The van der Waals surface area contributed by atoms with Crippen molar-refractivity contribution in [1.29, 1.82) is 0 Å². The SMILES string of the molecule is C.CC1(C)OB(c2ccc3oc4cccc(-c5nc(-c6ccccc6)nc(-c6ccccc6)n5)c4c3c2)OC1(C)C.c1ccc(-c2nc(-c3ccccc3)nc(-c3cccc4oc5ccc(-c6cc7ccccc7c7ccccc67)cc5c34)n2)cc1. The molecule has 0 saturated carbocycles. The third-order valence-corrected chi connectivity index (χ3v) is 16.5. The van der Waals surface area contributed by atoms with E-state index in [-0.39, 0.29) is 7.43 Å². The number of hydrogen-bond acceptors (Lipinski definition) is 10. The minimum Gasteiger partial charge on any atom is -0.456 e. The maximum absolute atomic E-state index is 6.42. The van der Waals surface area contributed by atoms with Crippen LogP contribution in [0.15, 0.2) is 258 Å². The van der Waals surface area contributed by atoms with Gasteiger partial charge in [0.25, 0.3) is 0 Å². The van der Waals surface area contributed by atoms with E-state index in [1.54, 1.807) is 0 Å². The molecule has 5 heterocycles. The lowest BCUT2D eigenvalue weighted by Crippen LogP contribution is -2.41. The van der Waals surface area contributed by atoms with Crippen LogP contribution in [0.25, 0.3) is 145 Å². The number of aromatic nitrogens is 6. The monoisotopic (exact) mass is 1120 g/mol. The summed E-state index contributed by atoms with van der Waals surface area (Å²) in [7, 11) is -0.474. The van der Waals surface area contributed by atoms with Crippen molar-refractivity contribution < 1.29 is 18.1 Å². The summed E-state index contributed by atoms with van der Waals surface area (Å²) in [6, 6.07) is 84.3. The molecule has 0 amide bonds. The topological polar surface area (TPSA) is 122 Å². The molecule has 10 nitrogen and oxygen atoms in total. The third kappa shape index (κ3) is 9.62. The molecule has 1 aliphatic rings. The first kappa shape index (κ1) is 53.5. The van der Waals surface area contributed by atoms with E-state index >= 15 is 0 Å². The molecule has 0 N–H and O–H groups in total. The molecule has 0 aliphatic carbocycles. The van der Waals surface area contributed by atoms with Crippen molar-refractivity contribution in [2.24, 2.45) is 0 Å². The van der Waals surface area contributed by atoms with Gasteiger partial charge in [0.05, 0.1) is 11.2 Å². The van der Waals surface area contributed by atoms with Crippen molar-refractivity contribution in [1.82, 2.24) is 29.9 Å². The van der Waals surface area contributed by atoms with Gasteiger partial charge in [-0.25, -0.2) is 29.9 Å². The van der Waals surface area contributed by atoms with Crippen molar-refractivity contribution in [2.45, 2.75) is 46.3 Å². The number of hydrogen-bond donors (Lipinski definition) is 0. The molecule has 15 aromatic rings. The molecule has 1 fully saturated rings. The highest BCUT2D eigenvalue weighted by Crippen LogP contribution is 2.43. The summed E-state index contributed by atoms with van der Waals surface area (Å²) in [5, 5.41) is 8.86. The second-order valence-electron chi connectivity index (χ2n) is 22.4. The lowest BCUT2D eigenvalue weighted by molar-refractivity contribution is 0.00578. The molecule has 0 spiro atoms. The Labute approximate surface area is 498 Å². The molecule has 414 valence electrons. The van der Waals surface area contributed by atoms with Crippen LogP contribution in [0.5, 0.6) is 0 Å². The smallest absolute Gasteiger partial charge is 0.456 e. The average molecular weight is 1120 g/mol. The molecule has 1 aliphatic heterocycles. The van der Waals surface area contributed by atoms with E-state index in [0.29, 0.717) is 34.9 Å². The van der Waals surface area contributed by atoms with Gasteiger partial charge in [0.15, 0.2) is 34.9 Å². The van der Waals surface area contributed by atoms with Crippen LogP contribution in [-0.4, -0.2) is 48.2 Å². The van der Waals surface area contributed by atoms with Gasteiger partial charge >= 0.3 is 7.12 Å². The normalized spacial score (nSPS) is 13.6. The summed E-state index contributed by atoms with van der Waals surface area (Å²) in [5.41, 5.74) is 11.1. The summed E-state index contributed by atoms with van der Waals surface area (Å²) in [6.45, 7) is 8.25. The summed E-state index contributed by atoms with van der Waals surface area (Å²) >= 11 is 0. The van der Waals surface area contributed by atoms with E-state index in [0.717, 1.165) is 88.3 Å². The molecule has 86 heavy (non-hydrogen) atoms. The number of fused-ring (bicyclic) bond motifs is 9. The highest BCUT2D eigenvalue weighted by Gasteiger charge is 2.51. The Morgan fingerprint density at radius 2 is 0.686 bits per heavy atom. The van der Waals surface area contributed by atoms with Gasteiger partial charge in [-0.1, -0.05) is 220 Å². The third-order valence-electron chi connectivity index (χ3n) is 16.5. The Hall–Kier alpha value is -10.5. The van der Waals surface area contributed by atoms with Crippen molar-refractivity contribution >= 4 is 78.0 Å². The fraction of sp³-hybridized carbons (Fsp3) is 0.0933. The molecule has 16 rings (SSSR count). The van der Waals surface area contributed by atoms with E-state index in [1.165, 1.54) is 27.1 Å². The Bertz CT molecular complexity index is 4900. The van der Waals surface area contributed by atoms with Crippen molar-refractivity contribution in [2.75, 3.05) is 0 Å². The largest absolute Gasteiger partial charge is 0.494 e. The van der Waals surface area contributed by atoms with Crippen LogP contribution in [-0.2, 0) is 9.31 Å². The van der Waals surface area contributed by atoms with E-state index in [1.807, 2.05) is 164 Å². The second-order valence-corrected chi connectivity index (χ2v) is 22.4. The first-order valence-corrected chi connectivity index (χ1v) is 28.5. The Morgan fingerprint density at radius 3 is 1.16 bits per heavy atom. The predicted octanol–water partition coefficient (Wildman–Crippen LogP) is 18.5. The summed E-state index contributed by atoms with van der Waals surface area (Å²) in [4.78, 5) is 29.7. The molecular formula is C75H57BN6O4. The summed E-state index contributed by atoms with van der Waals surface area (Å²) in [6.07, 6.45) is 0. The van der Waals surface area contributed by atoms with Gasteiger partial charge in [0.2, 0.25) is 0 Å². The molecular weight excluding hydrogens is 1060 g/mol. The Kier molecular flexibility index (Phi) is 13.5. The van der Waals surface area contributed by atoms with Gasteiger partial charge in [-0.2, -0.15) is 0 Å². The van der Waals surface area contributed by atoms with Crippen LogP contribution in [0.2, 0.25) is 0 Å². The first-order valence-electron chi connectivity index (χ1n) is 28.5. The van der Waals surface area contributed by atoms with Crippen molar-refractivity contribution in [3.8, 4) is 79.5 Å². The lowest BCUT2D eigenvalue weighted by atomic mass is 9.78. The van der Waals surface area contributed by atoms with Crippen molar-refractivity contribution in [3.63, 3.8) is 0 Å². The van der Waals surface area contributed by atoms with Crippen LogP contribution in [0.4, 0.5) is 0 Å². The quantitative estimate of drug-likeness (QED) is 0.107. The minimum atomic E-state index is -0.474. The highest BCUT2D eigenvalue weighted by atomic mass is 16.7. The number of nitrogens with zero attached hydrogens (tertiary/aromatic N) is 6. The molecule has 11 aromatic carbocycles. The molecule has 0 unspecified atom stereocenters. The van der Waals surface area contributed by atoms with E-state index in [9.17, 15) is 0 Å². The van der Waals surface area contributed by atoms with Gasteiger partial charge in [-0.05, 0) is 102 Å². The van der Waals surface area contributed by atoms with E-state index in [4.69, 9.17) is 48.0 Å². The van der Waals surface area contributed by atoms with Crippen molar-refractivity contribution in [3.05, 3.63) is 249 Å². The van der Waals surface area contributed by atoms with E-state index < -0.39 is 18.3 Å². The second kappa shape index (κ2) is 21.6. The van der Waals surface area contributed by atoms with Crippen LogP contribution in [0.1, 0.15) is 35.1 Å². The fourth-order valence-electron chi connectivity index (χ4n) is 11.5. The highest BCUT2D eigenvalue weighted by molar-refractivity contribution is 6.62. The zero-order valence-electron chi connectivity index (χ0n) is 47.1. The zero-order valence-corrected chi connectivity index (χ0v) is 47.1. The maximum atomic E-state index is 6.42. The lowest BCUT2D eigenvalue weighted by Gasteiger charge is -2.32. The predicted molar refractivity (Wildman–Crippen MR) is 350 cm³/mol. The molecule has 11 heteroatoms. The average Bonchev–Trinajstić information content (AvgIpc) is 1.60. The first-order chi connectivity index (χ1) is 41.6. The number of benzene rings is 11. The Balaban J connectivity index is 0.000000151. The molecule has 4 aromatic heterocycles. The van der Waals surface area contributed by atoms with Gasteiger partial charge in [0, 0.05) is 54.9 Å². The minimum absolute atomic E-state index is 0. The summed E-state index contributed by atoms with van der Waals surface area (Å²) < 4.78 is 25.4. The molecule has 0 bridgehead atoms. The van der Waals surface area contributed by atoms with Gasteiger partial charge in [-0.3, -0.25) is 0 Å². The van der Waals surface area contributed by atoms with Crippen LogP contribution < -0.4 is 5.46 Å². The maximum Gasteiger partial charge on any atom is 0.494 e. The number of rotatable bonds is 8. The zero-order chi connectivity index (χ0) is 57.2. The fourth-order valence-corrected chi connectivity index (χ4v) is 11.5. The molecule has 1 saturated heterocycles. The van der Waals surface area contributed by atoms with Crippen LogP contribution in [0.3, 0.4) is 0 Å². The molecule has 0 atom stereocenters. The van der Waals surface area contributed by atoms with Gasteiger partial charge in [-0.15, -0.1) is 0 Å². The Morgan fingerprint density at radius 1 is 0.291 bits per heavy atom. The van der Waals surface area contributed by atoms with Crippen LogP contribution in [0, 0.1) is 0 Å². The van der Waals surface area contributed by atoms with Gasteiger partial charge in [0.1, 0.15) is 22.3 Å². The number of furan rings is 2. The van der Waals surface area contributed by atoms with Gasteiger partial charge < -0.3 is 18.1 Å². The summed E-state index contributed by atoms with van der Waals surface area (Å²) in [5.74, 6) is 3.69. The van der Waals surface area contributed by atoms with E-state index in [2.05, 4.69) is 113 Å².